The Morgan fingerprint density at radius 2 is 1.50 bits per heavy atom. The molecule has 0 saturated heterocycles. The molecule has 5 rings (SSSR count). The van der Waals surface area contributed by atoms with Gasteiger partial charge in [-0.05, 0) is 47.9 Å². The Kier molecular flexibility index (Phi) is 5.90. The van der Waals surface area contributed by atoms with E-state index in [-0.39, 0.29) is 10.7 Å². The highest BCUT2D eigenvalue weighted by molar-refractivity contribution is 7.89. The molecule has 4 aromatic rings. The van der Waals surface area contributed by atoms with Crippen molar-refractivity contribution in [2.45, 2.75) is 24.3 Å². The fraction of sp³-hybridized carbons (Fsp3) is 0.138. The predicted octanol–water partition coefficient (Wildman–Crippen LogP) is 6.09. The van der Waals surface area contributed by atoms with Crippen LogP contribution in [0.25, 0.3) is 10.8 Å². The third-order valence-electron chi connectivity index (χ3n) is 6.31. The largest absolute Gasteiger partial charge is 0.289 e. The number of carbonyl (C=O) groups is 1. The van der Waals surface area contributed by atoms with Crippen LogP contribution in [0, 0.1) is 6.92 Å². The second-order valence-corrected chi connectivity index (χ2v) is 10.5. The number of sulfonamides is 1. The summed E-state index contributed by atoms with van der Waals surface area (Å²) in [6.45, 7) is 2.23. The van der Waals surface area contributed by atoms with Crippen molar-refractivity contribution in [2.75, 3.05) is 6.54 Å². The van der Waals surface area contributed by atoms with E-state index in [1.54, 1.807) is 36.4 Å². The topological polar surface area (TPSA) is 54.5 Å². The molecule has 0 aromatic heterocycles. The summed E-state index contributed by atoms with van der Waals surface area (Å²) < 4.78 is 29.2. The van der Waals surface area contributed by atoms with Gasteiger partial charge in [0.15, 0.2) is 5.78 Å². The molecule has 0 unspecified atom stereocenters. The minimum absolute atomic E-state index is 0.150. The van der Waals surface area contributed by atoms with E-state index < -0.39 is 16.1 Å². The van der Waals surface area contributed by atoms with Crippen molar-refractivity contribution in [3.63, 3.8) is 0 Å². The number of benzene rings is 4. The van der Waals surface area contributed by atoms with Crippen LogP contribution in [0.5, 0.6) is 0 Å². The molecule has 4 aromatic carbocycles. The van der Waals surface area contributed by atoms with E-state index in [0.29, 0.717) is 24.1 Å². The van der Waals surface area contributed by atoms with Gasteiger partial charge >= 0.3 is 0 Å². The van der Waals surface area contributed by atoms with E-state index in [1.165, 1.54) is 4.31 Å². The summed E-state index contributed by atoms with van der Waals surface area (Å²) in [6.07, 6.45) is 2.37. The zero-order valence-electron chi connectivity index (χ0n) is 18.9. The van der Waals surface area contributed by atoms with Crippen LogP contribution in [0.4, 0.5) is 0 Å². The SMILES string of the molecule is Cc1ccc(S(=O)(=O)N2CCC=C(C(=O)c3ccccc3)[C@@H]2c2ccc3ccccc3c2)cc1. The lowest BCUT2D eigenvalue weighted by Crippen LogP contribution is -2.40. The van der Waals surface area contributed by atoms with Crippen molar-refractivity contribution in [3.05, 3.63) is 125 Å². The number of hydrogen-bond donors (Lipinski definition) is 0. The van der Waals surface area contributed by atoms with Gasteiger partial charge in [0.2, 0.25) is 10.0 Å². The fourth-order valence-electron chi connectivity index (χ4n) is 4.54. The van der Waals surface area contributed by atoms with Gasteiger partial charge in [-0.2, -0.15) is 4.31 Å². The normalized spacial score (nSPS) is 16.9. The van der Waals surface area contributed by atoms with Crippen LogP contribution >= 0.6 is 0 Å². The first-order valence-corrected chi connectivity index (χ1v) is 12.8. The fourth-order valence-corrected chi connectivity index (χ4v) is 6.15. The minimum atomic E-state index is -3.84. The highest BCUT2D eigenvalue weighted by Gasteiger charge is 2.39. The molecule has 4 nitrogen and oxygen atoms in total. The van der Waals surface area contributed by atoms with Gasteiger partial charge in [-0.1, -0.05) is 90.5 Å². The van der Waals surface area contributed by atoms with E-state index in [9.17, 15) is 13.2 Å². The van der Waals surface area contributed by atoms with E-state index in [4.69, 9.17) is 0 Å². The molecule has 34 heavy (non-hydrogen) atoms. The molecule has 0 bridgehead atoms. The van der Waals surface area contributed by atoms with Crippen molar-refractivity contribution in [1.82, 2.24) is 4.31 Å². The molecule has 1 heterocycles. The number of rotatable bonds is 5. The maximum atomic E-state index is 13.8. The first-order chi connectivity index (χ1) is 16.4. The van der Waals surface area contributed by atoms with E-state index in [0.717, 1.165) is 21.9 Å². The second kappa shape index (κ2) is 9.01. The number of Topliss-reactive ketones (excluding diaryl/α,β-unsaturated/α-hetero) is 1. The van der Waals surface area contributed by atoms with Gasteiger partial charge < -0.3 is 0 Å². The van der Waals surface area contributed by atoms with Crippen LogP contribution in [0.2, 0.25) is 0 Å². The maximum absolute atomic E-state index is 13.8. The molecule has 1 aliphatic heterocycles. The van der Waals surface area contributed by atoms with Crippen molar-refractivity contribution in [2.24, 2.45) is 0 Å². The van der Waals surface area contributed by atoms with Crippen LogP contribution in [-0.2, 0) is 10.0 Å². The van der Waals surface area contributed by atoms with Gasteiger partial charge in [0.05, 0.1) is 10.9 Å². The molecular formula is C29H25NO3S. The average molecular weight is 468 g/mol. The number of hydrogen-bond acceptors (Lipinski definition) is 3. The Morgan fingerprint density at radius 3 is 2.24 bits per heavy atom. The van der Waals surface area contributed by atoms with E-state index >= 15 is 0 Å². The summed E-state index contributed by atoms with van der Waals surface area (Å²) >= 11 is 0. The van der Waals surface area contributed by atoms with Crippen LogP contribution in [0.15, 0.2) is 114 Å². The molecule has 0 aliphatic carbocycles. The highest BCUT2D eigenvalue weighted by atomic mass is 32.2. The van der Waals surface area contributed by atoms with Crippen molar-refractivity contribution < 1.29 is 13.2 Å². The number of nitrogens with zero attached hydrogens (tertiary/aromatic N) is 1. The summed E-state index contributed by atoms with van der Waals surface area (Å²) in [5.74, 6) is -0.150. The molecule has 0 amide bonds. The van der Waals surface area contributed by atoms with Gasteiger partial charge in [0, 0.05) is 17.7 Å². The standard InChI is InChI=1S/C29H25NO3S/c1-21-13-17-26(18-14-21)34(32,33)30-19-7-12-27(29(31)23-9-3-2-4-10-23)28(30)25-16-15-22-8-5-6-11-24(22)20-25/h2-6,8-18,20,28H,7,19H2,1H3/t28-/m0/s1. The molecule has 0 saturated carbocycles. The zero-order chi connectivity index (χ0) is 23.7. The van der Waals surface area contributed by atoms with Crippen LogP contribution in [0.1, 0.15) is 33.9 Å². The van der Waals surface area contributed by atoms with Crippen molar-refractivity contribution >= 4 is 26.6 Å². The van der Waals surface area contributed by atoms with Crippen molar-refractivity contribution in [1.29, 1.82) is 0 Å². The average Bonchev–Trinajstić information content (AvgIpc) is 2.88. The van der Waals surface area contributed by atoms with E-state index in [1.807, 2.05) is 73.7 Å². The molecule has 0 spiro atoms. The Hall–Kier alpha value is -3.54. The Bertz CT molecular complexity index is 1490. The highest BCUT2D eigenvalue weighted by Crippen LogP contribution is 2.39. The molecule has 1 aliphatic rings. The van der Waals surface area contributed by atoms with Crippen LogP contribution in [0.3, 0.4) is 0 Å². The summed E-state index contributed by atoms with van der Waals surface area (Å²) in [5, 5.41) is 2.07. The monoisotopic (exact) mass is 467 g/mol. The predicted molar refractivity (Wildman–Crippen MR) is 135 cm³/mol. The lowest BCUT2D eigenvalue weighted by Gasteiger charge is -2.35. The molecular weight excluding hydrogens is 442 g/mol. The van der Waals surface area contributed by atoms with Crippen LogP contribution < -0.4 is 0 Å². The molecule has 0 fully saturated rings. The van der Waals surface area contributed by atoms with Crippen molar-refractivity contribution in [3.8, 4) is 0 Å². The Balaban J connectivity index is 1.66. The number of aryl methyl sites for hydroxylation is 1. The number of fused-ring (bicyclic) bond motifs is 1. The third-order valence-corrected chi connectivity index (χ3v) is 8.19. The molecule has 1 atom stereocenters. The maximum Gasteiger partial charge on any atom is 0.243 e. The molecule has 0 radical (unpaired) electrons. The van der Waals surface area contributed by atoms with E-state index in [2.05, 4.69) is 0 Å². The number of ketones is 1. The van der Waals surface area contributed by atoms with Gasteiger partial charge in [0.25, 0.3) is 0 Å². The second-order valence-electron chi connectivity index (χ2n) is 8.58. The summed E-state index contributed by atoms with van der Waals surface area (Å²) in [7, 11) is -3.84. The van der Waals surface area contributed by atoms with Gasteiger partial charge in [0.1, 0.15) is 0 Å². The van der Waals surface area contributed by atoms with Gasteiger partial charge in [-0.15, -0.1) is 0 Å². The smallest absolute Gasteiger partial charge is 0.243 e. The third kappa shape index (κ3) is 4.09. The summed E-state index contributed by atoms with van der Waals surface area (Å²) in [6, 6.07) is 29.1. The minimum Gasteiger partial charge on any atom is -0.289 e. The molecule has 5 heteroatoms. The quantitative estimate of drug-likeness (QED) is 0.334. The lowest BCUT2D eigenvalue weighted by atomic mass is 9.88. The molecule has 0 N–H and O–H groups in total. The summed E-state index contributed by atoms with van der Waals surface area (Å²) in [5.41, 5.74) is 2.81. The van der Waals surface area contributed by atoms with Gasteiger partial charge in [-0.3, -0.25) is 4.79 Å². The summed E-state index contributed by atoms with van der Waals surface area (Å²) in [4.78, 5) is 13.8. The first kappa shape index (κ1) is 22.3. The molecule has 170 valence electrons. The first-order valence-electron chi connectivity index (χ1n) is 11.3. The Labute approximate surface area is 200 Å². The lowest BCUT2D eigenvalue weighted by molar-refractivity contribution is 0.101. The zero-order valence-corrected chi connectivity index (χ0v) is 19.7. The van der Waals surface area contributed by atoms with Gasteiger partial charge in [-0.25, -0.2) is 8.42 Å². The Morgan fingerprint density at radius 1 is 0.824 bits per heavy atom. The van der Waals surface area contributed by atoms with Crippen LogP contribution in [-0.4, -0.2) is 25.1 Å². The number of carbonyl (C=O) groups excluding carboxylic acids is 1.